The summed E-state index contributed by atoms with van der Waals surface area (Å²) in [6, 6.07) is 14.1. The minimum atomic E-state index is -0.512. The molecule has 0 saturated carbocycles. The topological polar surface area (TPSA) is 61.5 Å². The maximum absolute atomic E-state index is 12.5. The van der Waals surface area contributed by atoms with Crippen LogP contribution >= 0.6 is 0 Å². The van der Waals surface area contributed by atoms with Crippen molar-refractivity contribution >= 4 is 11.5 Å². The molecule has 0 amide bonds. The summed E-state index contributed by atoms with van der Waals surface area (Å²) < 4.78 is 10.8. The first-order valence-corrected chi connectivity index (χ1v) is 6.84. The van der Waals surface area contributed by atoms with Crippen LogP contribution in [0.3, 0.4) is 0 Å². The molecule has 1 unspecified atom stereocenters. The van der Waals surface area contributed by atoms with Crippen LogP contribution in [0.15, 0.2) is 48.5 Å². The van der Waals surface area contributed by atoms with Gasteiger partial charge in [0.05, 0.1) is 7.11 Å². The number of hydrogen-bond donors (Lipinski definition) is 1. The summed E-state index contributed by atoms with van der Waals surface area (Å²) in [5.74, 6) is 1.31. The molecule has 0 aliphatic carbocycles. The minimum Gasteiger partial charge on any atom is -0.497 e. The molecule has 0 aliphatic heterocycles. The number of anilines is 1. The largest absolute Gasteiger partial charge is 0.497 e. The van der Waals surface area contributed by atoms with Gasteiger partial charge in [-0.05, 0) is 55.0 Å². The Hall–Kier alpha value is -2.49. The summed E-state index contributed by atoms with van der Waals surface area (Å²) in [5, 5.41) is 0. The monoisotopic (exact) mass is 285 g/mol. The summed E-state index contributed by atoms with van der Waals surface area (Å²) in [6.07, 6.45) is 0.0805. The maximum Gasteiger partial charge on any atom is 0.203 e. The second kappa shape index (κ2) is 6.79. The molecular weight excluding hydrogens is 266 g/mol. The second-order valence-corrected chi connectivity index (χ2v) is 4.68. The van der Waals surface area contributed by atoms with Gasteiger partial charge < -0.3 is 15.2 Å². The number of carbonyl (C=O) groups excluding carboxylic acids is 1. The highest BCUT2D eigenvalue weighted by atomic mass is 16.5. The molecule has 2 N–H and O–H groups in total. The number of Topliss-reactive ketones (excluding diaryl/α,β-unsaturated/α-hetero) is 1. The first kappa shape index (κ1) is 14.9. The van der Waals surface area contributed by atoms with Crippen LogP contribution in [0, 0.1) is 0 Å². The van der Waals surface area contributed by atoms with Crippen LogP contribution < -0.4 is 15.2 Å². The molecule has 2 rings (SSSR count). The van der Waals surface area contributed by atoms with E-state index >= 15 is 0 Å². The Bertz CT molecular complexity index is 590. The summed E-state index contributed by atoms with van der Waals surface area (Å²) in [5.41, 5.74) is 6.91. The molecule has 0 spiro atoms. The lowest BCUT2D eigenvalue weighted by molar-refractivity contribution is 0.0786. The highest BCUT2D eigenvalue weighted by Crippen LogP contribution is 2.19. The molecule has 4 heteroatoms. The minimum absolute atomic E-state index is 0.0445. The predicted octanol–water partition coefficient (Wildman–Crippen LogP) is 3.32. The molecule has 0 radical (unpaired) electrons. The van der Waals surface area contributed by atoms with Crippen LogP contribution in [0.5, 0.6) is 11.5 Å². The van der Waals surface area contributed by atoms with Gasteiger partial charge in [-0.2, -0.15) is 0 Å². The Kier molecular flexibility index (Phi) is 4.82. The molecule has 2 aromatic rings. The molecule has 21 heavy (non-hydrogen) atoms. The number of methoxy groups -OCH3 is 1. The molecular formula is C17H19NO3. The quantitative estimate of drug-likeness (QED) is 0.653. The van der Waals surface area contributed by atoms with Crippen molar-refractivity contribution in [2.75, 3.05) is 12.8 Å². The number of nitrogens with two attached hydrogens (primary N) is 1. The van der Waals surface area contributed by atoms with E-state index in [0.29, 0.717) is 23.4 Å². The number of ketones is 1. The fourth-order valence-electron chi connectivity index (χ4n) is 1.97. The number of benzene rings is 2. The lowest BCUT2D eigenvalue weighted by atomic mass is 10.0. The molecule has 4 nitrogen and oxygen atoms in total. The van der Waals surface area contributed by atoms with Crippen molar-refractivity contribution in [3.05, 3.63) is 54.1 Å². The Balaban J connectivity index is 2.12. The van der Waals surface area contributed by atoms with Gasteiger partial charge in [-0.3, -0.25) is 4.79 Å². The molecule has 0 fully saturated rings. The van der Waals surface area contributed by atoms with Crippen molar-refractivity contribution in [3.63, 3.8) is 0 Å². The zero-order chi connectivity index (χ0) is 15.2. The maximum atomic E-state index is 12.5. The molecule has 0 aliphatic rings. The first-order chi connectivity index (χ1) is 10.1. The van der Waals surface area contributed by atoms with Crippen molar-refractivity contribution < 1.29 is 14.3 Å². The smallest absolute Gasteiger partial charge is 0.203 e. The standard InChI is InChI=1S/C17H19NO3/c1-3-16(21-15-10-6-13(18)7-11-15)17(19)12-4-8-14(20-2)9-5-12/h4-11,16H,3,18H2,1-2H3. The number of rotatable bonds is 6. The molecule has 110 valence electrons. The Labute approximate surface area is 124 Å². The SMILES string of the molecule is CCC(Oc1ccc(N)cc1)C(=O)c1ccc(OC)cc1. The predicted molar refractivity (Wildman–Crippen MR) is 82.9 cm³/mol. The molecule has 0 aromatic heterocycles. The molecule has 0 heterocycles. The zero-order valence-corrected chi connectivity index (χ0v) is 12.2. The fourth-order valence-corrected chi connectivity index (χ4v) is 1.97. The van der Waals surface area contributed by atoms with Crippen molar-refractivity contribution in [3.8, 4) is 11.5 Å². The van der Waals surface area contributed by atoms with Crippen LogP contribution in [-0.2, 0) is 0 Å². The highest BCUT2D eigenvalue weighted by molar-refractivity contribution is 5.99. The summed E-state index contributed by atoms with van der Waals surface area (Å²) in [7, 11) is 1.59. The van der Waals surface area contributed by atoms with Gasteiger partial charge in [0.2, 0.25) is 5.78 Å². The average molecular weight is 285 g/mol. The van der Waals surface area contributed by atoms with Crippen LogP contribution in [0.25, 0.3) is 0 Å². The van der Waals surface area contributed by atoms with Gasteiger partial charge in [0.1, 0.15) is 11.5 Å². The van der Waals surface area contributed by atoms with Gasteiger partial charge in [0, 0.05) is 11.3 Å². The van der Waals surface area contributed by atoms with Crippen molar-refractivity contribution in [1.82, 2.24) is 0 Å². The van der Waals surface area contributed by atoms with E-state index in [2.05, 4.69) is 0 Å². The van der Waals surface area contributed by atoms with Gasteiger partial charge in [-0.25, -0.2) is 0 Å². The van der Waals surface area contributed by atoms with Crippen LogP contribution in [0.1, 0.15) is 23.7 Å². The van der Waals surface area contributed by atoms with Crippen LogP contribution in [0.2, 0.25) is 0 Å². The van der Waals surface area contributed by atoms with Crippen LogP contribution in [-0.4, -0.2) is 19.0 Å². The van der Waals surface area contributed by atoms with Gasteiger partial charge in [-0.15, -0.1) is 0 Å². The summed E-state index contributed by atoms with van der Waals surface area (Å²) in [6.45, 7) is 1.92. The lowest BCUT2D eigenvalue weighted by Crippen LogP contribution is -2.26. The Morgan fingerprint density at radius 2 is 1.62 bits per heavy atom. The van der Waals surface area contributed by atoms with Gasteiger partial charge in [0.25, 0.3) is 0 Å². The number of nitrogen functional groups attached to an aromatic ring is 1. The lowest BCUT2D eigenvalue weighted by Gasteiger charge is -2.16. The summed E-state index contributed by atoms with van der Waals surface area (Å²) >= 11 is 0. The van der Waals surface area contributed by atoms with Gasteiger partial charge in [-0.1, -0.05) is 6.92 Å². The van der Waals surface area contributed by atoms with E-state index in [1.54, 1.807) is 55.6 Å². The third-order valence-electron chi connectivity index (χ3n) is 3.20. The number of hydrogen-bond acceptors (Lipinski definition) is 4. The van der Waals surface area contributed by atoms with E-state index in [0.717, 1.165) is 5.75 Å². The third kappa shape index (κ3) is 3.75. The van der Waals surface area contributed by atoms with Gasteiger partial charge >= 0.3 is 0 Å². The van der Waals surface area contributed by atoms with Gasteiger partial charge in [0.15, 0.2) is 6.10 Å². The first-order valence-electron chi connectivity index (χ1n) is 6.84. The third-order valence-corrected chi connectivity index (χ3v) is 3.20. The average Bonchev–Trinajstić information content (AvgIpc) is 2.54. The second-order valence-electron chi connectivity index (χ2n) is 4.68. The Morgan fingerprint density at radius 1 is 1.05 bits per heavy atom. The Morgan fingerprint density at radius 3 is 2.14 bits per heavy atom. The molecule has 1 atom stereocenters. The van der Waals surface area contributed by atoms with E-state index in [4.69, 9.17) is 15.2 Å². The zero-order valence-electron chi connectivity index (χ0n) is 12.2. The molecule has 0 saturated heterocycles. The van der Waals surface area contributed by atoms with Crippen molar-refractivity contribution in [2.45, 2.75) is 19.4 Å². The number of ether oxygens (including phenoxy) is 2. The molecule has 0 bridgehead atoms. The normalized spacial score (nSPS) is 11.7. The highest BCUT2D eigenvalue weighted by Gasteiger charge is 2.20. The number of carbonyl (C=O) groups is 1. The molecule has 2 aromatic carbocycles. The van der Waals surface area contributed by atoms with E-state index < -0.39 is 6.10 Å². The van der Waals surface area contributed by atoms with Crippen LogP contribution in [0.4, 0.5) is 5.69 Å². The van der Waals surface area contributed by atoms with E-state index in [1.807, 2.05) is 6.92 Å². The van der Waals surface area contributed by atoms with E-state index in [9.17, 15) is 4.79 Å². The van der Waals surface area contributed by atoms with E-state index in [-0.39, 0.29) is 5.78 Å². The van der Waals surface area contributed by atoms with Crippen molar-refractivity contribution in [2.24, 2.45) is 0 Å². The van der Waals surface area contributed by atoms with Crippen molar-refractivity contribution in [1.29, 1.82) is 0 Å². The van der Waals surface area contributed by atoms with E-state index in [1.165, 1.54) is 0 Å². The fraction of sp³-hybridized carbons (Fsp3) is 0.235. The summed E-state index contributed by atoms with van der Waals surface area (Å²) in [4.78, 5) is 12.5.